The quantitative estimate of drug-likeness (QED) is 0.810. The number of hydrogen-bond donors (Lipinski definition) is 1. The summed E-state index contributed by atoms with van der Waals surface area (Å²) >= 11 is 9.41. The molecule has 2 nitrogen and oxygen atoms in total. The molecule has 0 spiro atoms. The maximum absolute atomic E-state index is 13.0. The Labute approximate surface area is 125 Å². The molecule has 1 unspecified atom stereocenters. The average molecular weight is 349 g/mol. The molecule has 104 valence electrons. The predicted octanol–water partition coefficient (Wildman–Crippen LogP) is 4.32. The van der Waals surface area contributed by atoms with Gasteiger partial charge in [0, 0.05) is 10.5 Å². The molecule has 1 saturated carbocycles. The molecule has 1 aromatic carbocycles. The van der Waals surface area contributed by atoms with Gasteiger partial charge < -0.3 is 5.32 Å². The standard InChI is InChI=1S/C14H16BrClFNO/c15-12-8-9(17)6-7-11(12)13(16)14(19)18-10-4-2-1-3-5-10/h6-8,10,13H,1-5H2,(H,18,19). The van der Waals surface area contributed by atoms with Gasteiger partial charge in [0.15, 0.2) is 0 Å². The Morgan fingerprint density at radius 2 is 2.05 bits per heavy atom. The van der Waals surface area contributed by atoms with Gasteiger partial charge in [-0.25, -0.2) is 4.39 Å². The molecular formula is C14H16BrClFNO. The third kappa shape index (κ3) is 3.93. The van der Waals surface area contributed by atoms with E-state index in [0.29, 0.717) is 10.0 Å². The van der Waals surface area contributed by atoms with Crippen LogP contribution in [0.4, 0.5) is 4.39 Å². The first-order chi connectivity index (χ1) is 9.08. The van der Waals surface area contributed by atoms with Crippen molar-refractivity contribution in [2.45, 2.75) is 43.5 Å². The summed E-state index contributed by atoms with van der Waals surface area (Å²) in [6.07, 6.45) is 5.57. The third-order valence-electron chi connectivity index (χ3n) is 3.42. The second-order valence-corrected chi connectivity index (χ2v) is 6.16. The first-order valence-corrected chi connectivity index (χ1v) is 7.70. The van der Waals surface area contributed by atoms with Crippen molar-refractivity contribution in [3.05, 3.63) is 34.1 Å². The number of nitrogens with one attached hydrogen (secondary N) is 1. The second kappa shape index (κ2) is 6.71. The van der Waals surface area contributed by atoms with E-state index in [0.717, 1.165) is 25.7 Å². The molecule has 0 bridgehead atoms. The number of alkyl halides is 1. The maximum atomic E-state index is 13.0. The van der Waals surface area contributed by atoms with Gasteiger partial charge >= 0.3 is 0 Å². The smallest absolute Gasteiger partial charge is 0.242 e. The van der Waals surface area contributed by atoms with E-state index < -0.39 is 5.38 Å². The molecule has 0 aliphatic heterocycles. The van der Waals surface area contributed by atoms with Crippen LogP contribution in [0.1, 0.15) is 43.0 Å². The van der Waals surface area contributed by atoms with Gasteiger partial charge in [-0.15, -0.1) is 11.6 Å². The minimum absolute atomic E-state index is 0.208. The molecule has 1 fully saturated rings. The lowest BCUT2D eigenvalue weighted by Gasteiger charge is -2.24. The van der Waals surface area contributed by atoms with E-state index >= 15 is 0 Å². The van der Waals surface area contributed by atoms with Crippen LogP contribution in [0.25, 0.3) is 0 Å². The number of carbonyl (C=O) groups is 1. The van der Waals surface area contributed by atoms with Gasteiger partial charge in [-0.3, -0.25) is 4.79 Å². The Balaban J connectivity index is 2.01. The van der Waals surface area contributed by atoms with Gasteiger partial charge in [-0.2, -0.15) is 0 Å². The summed E-state index contributed by atoms with van der Waals surface area (Å²) < 4.78 is 13.5. The molecule has 2 rings (SSSR count). The van der Waals surface area contributed by atoms with Crippen LogP contribution in [0.5, 0.6) is 0 Å². The summed E-state index contributed by atoms with van der Waals surface area (Å²) in [6, 6.07) is 4.39. The Morgan fingerprint density at radius 1 is 1.37 bits per heavy atom. The summed E-state index contributed by atoms with van der Waals surface area (Å²) in [5.74, 6) is -0.562. The SMILES string of the molecule is O=C(NC1CCCCC1)C(Cl)c1ccc(F)cc1Br. The van der Waals surface area contributed by atoms with Gasteiger partial charge in [0.2, 0.25) is 5.91 Å². The minimum Gasteiger partial charge on any atom is -0.352 e. The highest BCUT2D eigenvalue weighted by molar-refractivity contribution is 9.10. The molecule has 0 aromatic heterocycles. The Kier molecular flexibility index (Phi) is 5.22. The van der Waals surface area contributed by atoms with Crippen molar-refractivity contribution in [1.29, 1.82) is 0 Å². The van der Waals surface area contributed by atoms with E-state index in [1.54, 1.807) is 0 Å². The largest absolute Gasteiger partial charge is 0.352 e. The third-order valence-corrected chi connectivity index (χ3v) is 4.54. The van der Waals surface area contributed by atoms with Crippen molar-refractivity contribution >= 4 is 33.4 Å². The van der Waals surface area contributed by atoms with E-state index in [1.165, 1.54) is 24.6 Å². The fourth-order valence-electron chi connectivity index (χ4n) is 2.37. The van der Waals surface area contributed by atoms with Crippen LogP contribution in [0, 0.1) is 5.82 Å². The average Bonchev–Trinajstić information content (AvgIpc) is 2.39. The first kappa shape index (κ1) is 14.8. The predicted molar refractivity (Wildman–Crippen MR) is 77.7 cm³/mol. The van der Waals surface area contributed by atoms with E-state index in [1.807, 2.05) is 0 Å². The van der Waals surface area contributed by atoms with Crippen LogP contribution >= 0.6 is 27.5 Å². The van der Waals surface area contributed by atoms with Crippen LogP contribution in [-0.2, 0) is 4.79 Å². The molecule has 1 aliphatic carbocycles. The van der Waals surface area contributed by atoms with Crippen molar-refractivity contribution in [2.24, 2.45) is 0 Å². The highest BCUT2D eigenvalue weighted by Crippen LogP contribution is 2.29. The van der Waals surface area contributed by atoms with Crippen LogP contribution < -0.4 is 5.32 Å². The van der Waals surface area contributed by atoms with E-state index in [9.17, 15) is 9.18 Å². The zero-order valence-electron chi connectivity index (χ0n) is 10.5. The Hall–Kier alpha value is -0.610. The molecule has 5 heteroatoms. The molecule has 1 atom stereocenters. The molecule has 1 N–H and O–H groups in total. The number of amides is 1. The monoisotopic (exact) mass is 347 g/mol. The van der Waals surface area contributed by atoms with E-state index in [2.05, 4.69) is 21.2 Å². The lowest BCUT2D eigenvalue weighted by molar-refractivity contribution is -0.121. The fourth-order valence-corrected chi connectivity index (χ4v) is 3.33. The van der Waals surface area contributed by atoms with Crippen LogP contribution in [0.15, 0.2) is 22.7 Å². The summed E-state index contributed by atoms with van der Waals surface area (Å²) in [7, 11) is 0. The zero-order chi connectivity index (χ0) is 13.8. The molecule has 1 aliphatic rings. The van der Waals surface area contributed by atoms with Gasteiger partial charge in [-0.1, -0.05) is 41.3 Å². The highest BCUT2D eigenvalue weighted by atomic mass is 79.9. The molecule has 1 aromatic rings. The first-order valence-electron chi connectivity index (χ1n) is 6.47. The van der Waals surface area contributed by atoms with Gasteiger partial charge in [0.1, 0.15) is 11.2 Å². The normalized spacial score (nSPS) is 18.1. The van der Waals surface area contributed by atoms with E-state index in [-0.39, 0.29) is 17.8 Å². The topological polar surface area (TPSA) is 29.1 Å². The van der Waals surface area contributed by atoms with Crippen LogP contribution in [0.2, 0.25) is 0 Å². The summed E-state index contributed by atoms with van der Waals surface area (Å²) in [5.41, 5.74) is 0.594. The maximum Gasteiger partial charge on any atom is 0.242 e. The molecule has 0 saturated heterocycles. The second-order valence-electron chi connectivity index (χ2n) is 4.87. The molecule has 19 heavy (non-hydrogen) atoms. The lowest BCUT2D eigenvalue weighted by Crippen LogP contribution is -2.38. The summed E-state index contributed by atoms with van der Waals surface area (Å²) in [5, 5.41) is 2.18. The molecular weight excluding hydrogens is 333 g/mol. The minimum atomic E-state index is -0.795. The van der Waals surface area contributed by atoms with Crippen molar-refractivity contribution in [3.8, 4) is 0 Å². The Morgan fingerprint density at radius 3 is 2.68 bits per heavy atom. The van der Waals surface area contributed by atoms with Crippen molar-refractivity contribution in [2.75, 3.05) is 0 Å². The fraction of sp³-hybridized carbons (Fsp3) is 0.500. The number of halogens is 3. The molecule has 0 radical (unpaired) electrons. The van der Waals surface area contributed by atoms with Crippen molar-refractivity contribution in [3.63, 3.8) is 0 Å². The highest BCUT2D eigenvalue weighted by Gasteiger charge is 2.23. The molecule has 1 amide bonds. The molecule has 0 heterocycles. The number of hydrogen-bond acceptors (Lipinski definition) is 1. The van der Waals surface area contributed by atoms with Crippen molar-refractivity contribution in [1.82, 2.24) is 5.32 Å². The van der Waals surface area contributed by atoms with Gasteiger partial charge in [0.25, 0.3) is 0 Å². The van der Waals surface area contributed by atoms with Gasteiger partial charge in [-0.05, 0) is 30.5 Å². The summed E-state index contributed by atoms with van der Waals surface area (Å²) in [6.45, 7) is 0. The number of rotatable bonds is 3. The zero-order valence-corrected chi connectivity index (χ0v) is 12.8. The van der Waals surface area contributed by atoms with Crippen molar-refractivity contribution < 1.29 is 9.18 Å². The lowest BCUT2D eigenvalue weighted by atomic mass is 9.95. The van der Waals surface area contributed by atoms with E-state index in [4.69, 9.17) is 11.6 Å². The number of benzene rings is 1. The number of carbonyl (C=O) groups excluding carboxylic acids is 1. The summed E-state index contributed by atoms with van der Waals surface area (Å²) in [4.78, 5) is 12.1. The van der Waals surface area contributed by atoms with Gasteiger partial charge in [0.05, 0.1) is 0 Å². The van der Waals surface area contributed by atoms with Crippen LogP contribution in [0.3, 0.4) is 0 Å². The van der Waals surface area contributed by atoms with Crippen LogP contribution in [-0.4, -0.2) is 11.9 Å². The Bertz CT molecular complexity index is 463.